The average molecular weight is 232 g/mol. The molecular weight excluding hydrogens is 222 g/mol. The van der Waals surface area contributed by atoms with Gasteiger partial charge in [0.05, 0.1) is 5.69 Å². The van der Waals surface area contributed by atoms with Crippen molar-refractivity contribution in [3.8, 4) is 0 Å². The minimum absolute atomic E-state index is 0.550. The molecule has 0 aliphatic heterocycles. The van der Waals surface area contributed by atoms with Crippen LogP contribution in [0.3, 0.4) is 0 Å². The monoisotopic (exact) mass is 231 g/mol. The van der Waals surface area contributed by atoms with E-state index < -0.39 is 10.0 Å². The Hall–Kier alpha value is -1.00. The van der Waals surface area contributed by atoms with Gasteiger partial charge in [0.1, 0.15) is 0 Å². The van der Waals surface area contributed by atoms with Crippen LogP contribution in [0.2, 0.25) is 5.02 Å². The molecule has 0 bridgehead atoms. The van der Waals surface area contributed by atoms with Crippen LogP contribution >= 0.6 is 11.6 Å². The lowest BCUT2D eigenvalue weighted by molar-refractivity contribution is 0.603. The molecule has 14 heavy (non-hydrogen) atoms. The molecule has 0 fully saturated rings. The molecule has 1 aromatic rings. The van der Waals surface area contributed by atoms with Gasteiger partial charge in [-0.25, -0.2) is 8.42 Å². The predicted molar refractivity (Wildman–Crippen MR) is 59.0 cm³/mol. The summed E-state index contributed by atoms with van der Waals surface area (Å²) in [6.45, 7) is 3.24. The molecule has 0 radical (unpaired) electrons. The van der Waals surface area contributed by atoms with Gasteiger partial charge in [-0.15, -0.1) is 0 Å². The van der Waals surface area contributed by atoms with Crippen LogP contribution in [0.25, 0.3) is 0 Å². The van der Waals surface area contributed by atoms with E-state index in [0.717, 1.165) is 9.71 Å². The summed E-state index contributed by atoms with van der Waals surface area (Å²) in [4.78, 5) is 0. The van der Waals surface area contributed by atoms with Crippen LogP contribution in [0.4, 0.5) is 5.69 Å². The van der Waals surface area contributed by atoms with Crippen LogP contribution in [0.15, 0.2) is 36.3 Å². The van der Waals surface area contributed by atoms with E-state index in [1.165, 1.54) is 7.05 Å². The molecule has 0 aliphatic carbocycles. The largest absolute Gasteiger partial charge is 0.270 e. The van der Waals surface area contributed by atoms with Crippen molar-refractivity contribution in [1.29, 1.82) is 0 Å². The molecule has 3 nitrogen and oxygen atoms in total. The first-order chi connectivity index (χ1) is 6.47. The van der Waals surface area contributed by atoms with Crippen LogP contribution < -0.4 is 4.31 Å². The maximum absolute atomic E-state index is 11.4. The predicted octanol–water partition coefficient (Wildman–Crippen LogP) is 2.25. The van der Waals surface area contributed by atoms with Crippen molar-refractivity contribution >= 4 is 27.3 Å². The maximum Gasteiger partial charge on any atom is 0.256 e. The van der Waals surface area contributed by atoms with Crippen molar-refractivity contribution in [2.45, 2.75) is 0 Å². The Morgan fingerprint density at radius 1 is 1.36 bits per heavy atom. The van der Waals surface area contributed by atoms with E-state index in [9.17, 15) is 8.42 Å². The third kappa shape index (κ3) is 2.27. The summed E-state index contributed by atoms with van der Waals surface area (Å²) in [6.07, 6.45) is 0. The fraction of sp³-hybridized carbons (Fsp3) is 0.111. The van der Waals surface area contributed by atoms with Gasteiger partial charge < -0.3 is 0 Å². The average Bonchev–Trinajstić information content (AvgIpc) is 2.18. The maximum atomic E-state index is 11.4. The first kappa shape index (κ1) is 11.1. The fourth-order valence-corrected chi connectivity index (χ4v) is 1.67. The number of nitrogens with zero attached hydrogens (tertiary/aromatic N) is 1. The Morgan fingerprint density at radius 3 is 2.29 bits per heavy atom. The molecule has 0 saturated heterocycles. The van der Waals surface area contributed by atoms with Gasteiger partial charge in [-0.2, -0.15) is 0 Å². The second kappa shape index (κ2) is 4.02. The molecule has 0 unspecified atom stereocenters. The smallest absolute Gasteiger partial charge is 0.256 e. The highest BCUT2D eigenvalue weighted by molar-refractivity contribution is 7.95. The Labute approximate surface area is 88.7 Å². The van der Waals surface area contributed by atoms with E-state index >= 15 is 0 Å². The van der Waals surface area contributed by atoms with Gasteiger partial charge in [-0.1, -0.05) is 18.2 Å². The quantitative estimate of drug-likeness (QED) is 0.800. The second-order valence-electron chi connectivity index (χ2n) is 2.66. The molecular formula is C9H10ClNO2S. The van der Waals surface area contributed by atoms with Crippen molar-refractivity contribution in [3.63, 3.8) is 0 Å². The molecule has 1 rings (SSSR count). The summed E-state index contributed by atoms with van der Waals surface area (Å²) >= 11 is 5.68. The number of anilines is 1. The van der Waals surface area contributed by atoms with Crippen LogP contribution in [-0.4, -0.2) is 15.5 Å². The summed E-state index contributed by atoms with van der Waals surface area (Å²) in [7, 11) is -1.95. The fourth-order valence-electron chi connectivity index (χ4n) is 0.910. The molecule has 0 saturated carbocycles. The van der Waals surface area contributed by atoms with Gasteiger partial charge in [-0.05, 0) is 24.3 Å². The zero-order valence-electron chi connectivity index (χ0n) is 7.64. The zero-order valence-corrected chi connectivity index (χ0v) is 9.22. The van der Waals surface area contributed by atoms with Crippen LogP contribution in [-0.2, 0) is 10.0 Å². The molecule has 0 aliphatic rings. The Bertz CT molecular complexity index is 425. The van der Waals surface area contributed by atoms with Crippen molar-refractivity contribution < 1.29 is 8.42 Å². The highest BCUT2D eigenvalue weighted by Crippen LogP contribution is 2.19. The van der Waals surface area contributed by atoms with Gasteiger partial charge in [0.15, 0.2) is 0 Å². The highest BCUT2D eigenvalue weighted by atomic mass is 35.5. The number of halogens is 1. The first-order valence-corrected chi connectivity index (χ1v) is 5.72. The Balaban J connectivity index is 3.07. The normalized spacial score (nSPS) is 11.0. The number of rotatable bonds is 3. The molecule has 0 heterocycles. The van der Waals surface area contributed by atoms with E-state index in [1.54, 1.807) is 24.3 Å². The van der Waals surface area contributed by atoms with E-state index in [2.05, 4.69) is 6.58 Å². The number of sulfonamides is 1. The molecule has 0 spiro atoms. The third-order valence-electron chi connectivity index (χ3n) is 1.78. The van der Waals surface area contributed by atoms with E-state index in [-0.39, 0.29) is 0 Å². The lowest BCUT2D eigenvalue weighted by Crippen LogP contribution is -2.23. The molecule has 5 heteroatoms. The van der Waals surface area contributed by atoms with Crippen molar-refractivity contribution in [2.75, 3.05) is 11.4 Å². The standard InChI is InChI=1S/C9H10ClNO2S/c1-3-14(12,13)11(2)9-6-4-8(10)5-7-9/h3-7H,1H2,2H3. The highest BCUT2D eigenvalue weighted by Gasteiger charge is 2.13. The second-order valence-corrected chi connectivity index (χ2v) is 5.00. The molecule has 0 atom stereocenters. The van der Waals surface area contributed by atoms with Gasteiger partial charge in [0, 0.05) is 17.5 Å². The lowest BCUT2D eigenvalue weighted by atomic mass is 10.3. The number of hydrogen-bond donors (Lipinski definition) is 0. The summed E-state index contributed by atoms with van der Waals surface area (Å²) in [6, 6.07) is 6.52. The Morgan fingerprint density at radius 2 is 1.86 bits per heavy atom. The lowest BCUT2D eigenvalue weighted by Gasteiger charge is -2.16. The first-order valence-electron chi connectivity index (χ1n) is 3.84. The van der Waals surface area contributed by atoms with Crippen molar-refractivity contribution in [2.24, 2.45) is 0 Å². The van der Waals surface area contributed by atoms with E-state index in [1.807, 2.05) is 0 Å². The molecule has 0 N–H and O–H groups in total. The van der Waals surface area contributed by atoms with Gasteiger partial charge in [-0.3, -0.25) is 4.31 Å². The minimum Gasteiger partial charge on any atom is -0.270 e. The van der Waals surface area contributed by atoms with Gasteiger partial charge >= 0.3 is 0 Å². The van der Waals surface area contributed by atoms with Crippen LogP contribution in [0.1, 0.15) is 0 Å². The van der Waals surface area contributed by atoms with Gasteiger partial charge in [0.25, 0.3) is 10.0 Å². The summed E-state index contributed by atoms with van der Waals surface area (Å²) in [5.74, 6) is 0. The van der Waals surface area contributed by atoms with Crippen LogP contribution in [0.5, 0.6) is 0 Å². The third-order valence-corrected chi connectivity index (χ3v) is 3.43. The molecule has 76 valence electrons. The topological polar surface area (TPSA) is 37.4 Å². The SMILES string of the molecule is C=CS(=O)(=O)N(C)c1ccc(Cl)cc1. The van der Waals surface area contributed by atoms with Gasteiger partial charge in [0.2, 0.25) is 0 Å². The summed E-state index contributed by atoms with van der Waals surface area (Å²) in [5, 5.41) is 1.47. The van der Waals surface area contributed by atoms with E-state index in [4.69, 9.17) is 11.6 Å². The molecule has 1 aromatic carbocycles. The molecule has 0 aromatic heterocycles. The van der Waals surface area contributed by atoms with Crippen molar-refractivity contribution in [3.05, 3.63) is 41.3 Å². The molecule has 0 amide bonds. The van der Waals surface area contributed by atoms with Crippen LogP contribution in [0, 0.1) is 0 Å². The minimum atomic E-state index is -3.41. The number of hydrogen-bond acceptors (Lipinski definition) is 2. The Kier molecular flexibility index (Phi) is 3.18. The van der Waals surface area contributed by atoms with E-state index in [0.29, 0.717) is 10.7 Å². The summed E-state index contributed by atoms with van der Waals surface area (Å²) in [5.41, 5.74) is 0.550. The number of benzene rings is 1. The zero-order chi connectivity index (χ0) is 10.8. The summed E-state index contributed by atoms with van der Waals surface area (Å²) < 4.78 is 23.9. The van der Waals surface area contributed by atoms with Crippen molar-refractivity contribution in [1.82, 2.24) is 0 Å².